The number of halogens is 4. The molecule has 2 aromatic carbocycles. The summed E-state index contributed by atoms with van der Waals surface area (Å²) >= 11 is 5.73. The second-order valence-corrected chi connectivity index (χ2v) is 4.28. The Bertz CT molecular complexity index is 561. The molecule has 0 aromatic heterocycles. The maximum atomic E-state index is 12.7. The molecule has 0 bridgehead atoms. The number of rotatable bonds is 1. The molecule has 0 aliphatic heterocycles. The molecule has 0 fully saturated rings. The molecule has 18 heavy (non-hydrogen) atoms. The van der Waals surface area contributed by atoms with Crippen LogP contribution in [0.15, 0.2) is 42.5 Å². The predicted molar refractivity (Wildman–Crippen MR) is 66.3 cm³/mol. The Kier molecular flexibility index (Phi) is 3.22. The van der Waals surface area contributed by atoms with Gasteiger partial charge >= 0.3 is 6.18 Å². The van der Waals surface area contributed by atoms with Gasteiger partial charge in [0.2, 0.25) is 0 Å². The maximum Gasteiger partial charge on any atom is 0.416 e. The van der Waals surface area contributed by atoms with Crippen molar-refractivity contribution in [3.63, 3.8) is 0 Å². The van der Waals surface area contributed by atoms with Gasteiger partial charge in [0, 0.05) is 10.7 Å². The standard InChI is InChI=1S/C13H9ClF3N/c14-11-3-1-8(2-4-11)9-5-10(13(15,16)17)7-12(18)6-9/h1-7H,18H2. The average molecular weight is 272 g/mol. The molecule has 0 saturated heterocycles. The number of benzene rings is 2. The first kappa shape index (κ1) is 12.8. The molecular formula is C13H9ClF3N. The second-order valence-electron chi connectivity index (χ2n) is 3.85. The largest absolute Gasteiger partial charge is 0.416 e. The fourth-order valence-corrected chi connectivity index (χ4v) is 1.75. The van der Waals surface area contributed by atoms with Gasteiger partial charge in [-0.3, -0.25) is 0 Å². The fraction of sp³-hybridized carbons (Fsp3) is 0.0769. The predicted octanol–water partition coefficient (Wildman–Crippen LogP) is 4.61. The Hall–Kier alpha value is -1.68. The monoisotopic (exact) mass is 271 g/mol. The molecule has 0 aliphatic carbocycles. The summed E-state index contributed by atoms with van der Waals surface area (Å²) < 4.78 is 38.0. The summed E-state index contributed by atoms with van der Waals surface area (Å²) in [5, 5.41) is 0.527. The zero-order valence-electron chi connectivity index (χ0n) is 9.13. The van der Waals surface area contributed by atoms with E-state index in [1.807, 2.05) is 0 Å². The highest BCUT2D eigenvalue weighted by atomic mass is 35.5. The van der Waals surface area contributed by atoms with Crippen molar-refractivity contribution >= 4 is 17.3 Å². The Morgan fingerprint density at radius 1 is 0.889 bits per heavy atom. The summed E-state index contributed by atoms with van der Waals surface area (Å²) in [4.78, 5) is 0. The Morgan fingerprint density at radius 2 is 1.50 bits per heavy atom. The van der Waals surface area contributed by atoms with Crippen LogP contribution in [0.1, 0.15) is 5.56 Å². The van der Waals surface area contributed by atoms with Gasteiger partial charge in [-0.1, -0.05) is 23.7 Å². The van der Waals surface area contributed by atoms with Crippen LogP contribution in [0, 0.1) is 0 Å². The third kappa shape index (κ3) is 2.76. The summed E-state index contributed by atoms with van der Waals surface area (Å²) in [6.45, 7) is 0. The molecule has 2 rings (SSSR count). The molecule has 0 heterocycles. The number of hydrogen-bond acceptors (Lipinski definition) is 1. The lowest BCUT2D eigenvalue weighted by Gasteiger charge is -2.10. The molecule has 94 valence electrons. The Labute approximate surface area is 107 Å². The van der Waals surface area contributed by atoms with E-state index in [9.17, 15) is 13.2 Å². The maximum absolute atomic E-state index is 12.7. The van der Waals surface area contributed by atoms with Gasteiger partial charge in [-0.15, -0.1) is 0 Å². The second kappa shape index (κ2) is 4.53. The van der Waals surface area contributed by atoms with Crippen molar-refractivity contribution in [2.24, 2.45) is 0 Å². The number of nitrogen functional groups attached to an aromatic ring is 1. The van der Waals surface area contributed by atoms with Gasteiger partial charge in [-0.25, -0.2) is 0 Å². The van der Waals surface area contributed by atoms with Gasteiger partial charge < -0.3 is 5.73 Å². The van der Waals surface area contributed by atoms with Crippen LogP contribution < -0.4 is 5.73 Å². The molecule has 0 atom stereocenters. The molecule has 0 radical (unpaired) electrons. The lowest BCUT2D eigenvalue weighted by Crippen LogP contribution is -2.06. The van der Waals surface area contributed by atoms with Gasteiger partial charge in [0.1, 0.15) is 0 Å². The van der Waals surface area contributed by atoms with Gasteiger partial charge in [-0.2, -0.15) is 13.2 Å². The van der Waals surface area contributed by atoms with Crippen LogP contribution in [0.5, 0.6) is 0 Å². The third-order valence-electron chi connectivity index (χ3n) is 2.46. The minimum atomic E-state index is -4.41. The quantitative estimate of drug-likeness (QED) is 0.753. The highest BCUT2D eigenvalue weighted by Gasteiger charge is 2.31. The fourth-order valence-electron chi connectivity index (χ4n) is 1.62. The van der Waals surface area contributed by atoms with Crippen molar-refractivity contribution < 1.29 is 13.2 Å². The van der Waals surface area contributed by atoms with Crippen LogP contribution in [-0.4, -0.2) is 0 Å². The van der Waals surface area contributed by atoms with Crippen LogP contribution in [0.25, 0.3) is 11.1 Å². The lowest BCUT2D eigenvalue weighted by molar-refractivity contribution is -0.137. The molecule has 0 amide bonds. The number of nitrogens with two attached hydrogens (primary N) is 1. The van der Waals surface area contributed by atoms with Crippen molar-refractivity contribution in [1.82, 2.24) is 0 Å². The molecule has 0 saturated carbocycles. The summed E-state index contributed by atoms with van der Waals surface area (Å²) in [7, 11) is 0. The van der Waals surface area contributed by atoms with Gasteiger partial charge in [0.15, 0.2) is 0 Å². The SMILES string of the molecule is Nc1cc(-c2ccc(Cl)cc2)cc(C(F)(F)F)c1. The first-order valence-corrected chi connectivity index (χ1v) is 5.48. The van der Waals surface area contributed by atoms with Crippen molar-refractivity contribution in [2.45, 2.75) is 6.18 Å². The van der Waals surface area contributed by atoms with Crippen LogP contribution in [0.4, 0.5) is 18.9 Å². The van der Waals surface area contributed by atoms with E-state index < -0.39 is 11.7 Å². The topological polar surface area (TPSA) is 26.0 Å². The normalized spacial score (nSPS) is 11.6. The zero-order chi connectivity index (χ0) is 13.3. The molecule has 0 aliphatic rings. The summed E-state index contributed by atoms with van der Waals surface area (Å²) in [6.07, 6.45) is -4.41. The molecule has 5 heteroatoms. The minimum Gasteiger partial charge on any atom is -0.399 e. The zero-order valence-corrected chi connectivity index (χ0v) is 9.89. The summed E-state index contributed by atoms with van der Waals surface area (Å²) in [5.74, 6) is 0. The summed E-state index contributed by atoms with van der Waals surface area (Å²) in [5.41, 5.74) is 5.87. The molecule has 2 aromatic rings. The molecule has 0 unspecified atom stereocenters. The summed E-state index contributed by atoms with van der Waals surface area (Å²) in [6, 6.07) is 10.0. The Morgan fingerprint density at radius 3 is 2.06 bits per heavy atom. The first-order chi connectivity index (χ1) is 8.36. The molecule has 1 nitrogen and oxygen atoms in total. The van der Waals surface area contributed by atoms with E-state index in [4.69, 9.17) is 17.3 Å². The van der Waals surface area contributed by atoms with Gasteiger partial charge in [0.25, 0.3) is 0 Å². The average Bonchev–Trinajstić information content (AvgIpc) is 2.28. The van der Waals surface area contributed by atoms with E-state index in [2.05, 4.69) is 0 Å². The van der Waals surface area contributed by atoms with Crippen molar-refractivity contribution in [1.29, 1.82) is 0 Å². The van der Waals surface area contributed by atoms with Crippen LogP contribution in [0.3, 0.4) is 0 Å². The first-order valence-electron chi connectivity index (χ1n) is 5.10. The van der Waals surface area contributed by atoms with E-state index in [1.54, 1.807) is 24.3 Å². The highest BCUT2D eigenvalue weighted by Crippen LogP contribution is 2.34. The van der Waals surface area contributed by atoms with E-state index in [0.717, 1.165) is 12.1 Å². The minimum absolute atomic E-state index is 0.0785. The molecule has 2 N–H and O–H groups in total. The molecular weight excluding hydrogens is 263 g/mol. The van der Waals surface area contributed by atoms with Gasteiger partial charge in [0.05, 0.1) is 5.56 Å². The third-order valence-corrected chi connectivity index (χ3v) is 2.71. The Balaban J connectivity index is 2.52. The van der Waals surface area contributed by atoms with E-state index in [1.165, 1.54) is 6.07 Å². The molecule has 0 spiro atoms. The van der Waals surface area contributed by atoms with E-state index >= 15 is 0 Å². The van der Waals surface area contributed by atoms with Gasteiger partial charge in [-0.05, 0) is 41.5 Å². The van der Waals surface area contributed by atoms with Crippen molar-refractivity contribution in [3.05, 3.63) is 53.1 Å². The highest BCUT2D eigenvalue weighted by molar-refractivity contribution is 6.30. The smallest absolute Gasteiger partial charge is 0.399 e. The van der Waals surface area contributed by atoms with Crippen molar-refractivity contribution in [3.8, 4) is 11.1 Å². The number of hydrogen-bond donors (Lipinski definition) is 1. The van der Waals surface area contributed by atoms with Crippen LogP contribution in [-0.2, 0) is 6.18 Å². The van der Waals surface area contributed by atoms with E-state index in [0.29, 0.717) is 16.1 Å². The van der Waals surface area contributed by atoms with Crippen molar-refractivity contribution in [2.75, 3.05) is 5.73 Å². The lowest BCUT2D eigenvalue weighted by atomic mass is 10.0. The van der Waals surface area contributed by atoms with E-state index in [-0.39, 0.29) is 5.69 Å². The van der Waals surface area contributed by atoms with Crippen LogP contribution >= 0.6 is 11.6 Å². The number of alkyl halides is 3. The van der Waals surface area contributed by atoms with Crippen LogP contribution in [0.2, 0.25) is 5.02 Å². The number of anilines is 1.